The van der Waals surface area contributed by atoms with Gasteiger partial charge in [0.25, 0.3) is 0 Å². The number of nitrogens with one attached hydrogen (secondary N) is 1. The van der Waals surface area contributed by atoms with E-state index < -0.39 is 5.97 Å². The van der Waals surface area contributed by atoms with E-state index in [1.807, 2.05) is 18.2 Å². The zero-order valence-corrected chi connectivity index (χ0v) is 11.8. The van der Waals surface area contributed by atoms with Crippen LogP contribution < -0.4 is 5.32 Å². The summed E-state index contributed by atoms with van der Waals surface area (Å²) in [4.78, 5) is 22.4. The van der Waals surface area contributed by atoms with Gasteiger partial charge in [0.1, 0.15) is 0 Å². The van der Waals surface area contributed by atoms with E-state index in [0.717, 1.165) is 5.56 Å². The number of carbonyl (C=O) groups excluding carboxylic acids is 1. The zero-order chi connectivity index (χ0) is 14.4. The van der Waals surface area contributed by atoms with Crippen LogP contribution in [0.15, 0.2) is 24.3 Å². The Balaban J connectivity index is 2.54. The molecular weight excluding hydrogens is 266 g/mol. The SMILES string of the molecule is CC(CC(=O)O)NC(=O)C(C)Cc1ccccc1Cl. The molecule has 1 amide bonds. The monoisotopic (exact) mass is 283 g/mol. The van der Waals surface area contributed by atoms with Gasteiger partial charge in [0.15, 0.2) is 0 Å². The number of carboxylic acid groups (broad SMARTS) is 1. The summed E-state index contributed by atoms with van der Waals surface area (Å²) in [6.07, 6.45) is 0.454. The first-order valence-corrected chi connectivity index (χ1v) is 6.53. The molecule has 0 aliphatic rings. The topological polar surface area (TPSA) is 66.4 Å². The molecule has 2 N–H and O–H groups in total. The maximum Gasteiger partial charge on any atom is 0.305 e. The second-order valence-electron chi connectivity index (χ2n) is 4.70. The standard InChI is InChI=1S/C14H18ClNO3/c1-9(7-11-5-3-4-6-12(11)15)14(19)16-10(2)8-13(17)18/h3-6,9-10H,7-8H2,1-2H3,(H,16,19)(H,17,18). The molecule has 0 radical (unpaired) electrons. The van der Waals surface area contributed by atoms with Crippen LogP contribution in [0.4, 0.5) is 0 Å². The minimum Gasteiger partial charge on any atom is -0.481 e. The fourth-order valence-corrected chi connectivity index (χ4v) is 2.00. The largest absolute Gasteiger partial charge is 0.481 e. The van der Waals surface area contributed by atoms with Crippen molar-refractivity contribution < 1.29 is 14.7 Å². The fourth-order valence-electron chi connectivity index (χ4n) is 1.78. The normalized spacial score (nSPS) is 13.6. The Morgan fingerprint density at radius 1 is 1.32 bits per heavy atom. The van der Waals surface area contributed by atoms with Crippen LogP contribution in [0, 0.1) is 5.92 Å². The molecule has 0 saturated carbocycles. The molecule has 0 fully saturated rings. The number of amides is 1. The quantitative estimate of drug-likeness (QED) is 0.843. The lowest BCUT2D eigenvalue weighted by Gasteiger charge is -2.16. The number of halogens is 1. The second-order valence-corrected chi connectivity index (χ2v) is 5.11. The Kier molecular flexibility index (Phi) is 5.83. The molecule has 5 heteroatoms. The zero-order valence-electron chi connectivity index (χ0n) is 11.0. The van der Waals surface area contributed by atoms with Crippen LogP contribution in [0.1, 0.15) is 25.8 Å². The van der Waals surface area contributed by atoms with Crippen LogP contribution in [0.5, 0.6) is 0 Å². The lowest BCUT2D eigenvalue weighted by Crippen LogP contribution is -2.38. The highest BCUT2D eigenvalue weighted by Crippen LogP contribution is 2.18. The van der Waals surface area contributed by atoms with Crippen molar-refractivity contribution in [1.29, 1.82) is 0 Å². The number of carboxylic acids is 1. The van der Waals surface area contributed by atoms with Crippen LogP contribution in [-0.4, -0.2) is 23.0 Å². The smallest absolute Gasteiger partial charge is 0.305 e. The average Bonchev–Trinajstić information content (AvgIpc) is 2.30. The van der Waals surface area contributed by atoms with E-state index in [0.29, 0.717) is 11.4 Å². The van der Waals surface area contributed by atoms with Crippen molar-refractivity contribution in [2.45, 2.75) is 32.7 Å². The van der Waals surface area contributed by atoms with E-state index in [4.69, 9.17) is 16.7 Å². The van der Waals surface area contributed by atoms with E-state index in [2.05, 4.69) is 5.32 Å². The number of hydrogen-bond acceptors (Lipinski definition) is 2. The molecule has 19 heavy (non-hydrogen) atoms. The summed E-state index contributed by atoms with van der Waals surface area (Å²) in [6, 6.07) is 7.00. The van der Waals surface area contributed by atoms with Gasteiger partial charge in [-0.3, -0.25) is 9.59 Å². The maximum absolute atomic E-state index is 11.9. The van der Waals surface area contributed by atoms with Gasteiger partial charge in [-0.15, -0.1) is 0 Å². The predicted octanol–water partition coefficient (Wildman–Crippen LogP) is 2.50. The Hall–Kier alpha value is -1.55. The van der Waals surface area contributed by atoms with Gasteiger partial charge in [-0.05, 0) is 25.0 Å². The second kappa shape index (κ2) is 7.14. The number of aliphatic carboxylic acids is 1. The molecule has 0 aliphatic carbocycles. The minimum atomic E-state index is -0.924. The third kappa shape index (κ3) is 5.30. The van der Waals surface area contributed by atoms with Crippen molar-refractivity contribution in [3.8, 4) is 0 Å². The van der Waals surface area contributed by atoms with Gasteiger partial charge in [-0.25, -0.2) is 0 Å². The Bertz CT molecular complexity index is 462. The minimum absolute atomic E-state index is 0.0788. The molecule has 2 atom stereocenters. The van der Waals surface area contributed by atoms with E-state index in [1.54, 1.807) is 19.9 Å². The number of rotatable bonds is 6. The van der Waals surface area contributed by atoms with E-state index in [-0.39, 0.29) is 24.3 Å². The molecule has 0 heterocycles. The highest BCUT2D eigenvalue weighted by molar-refractivity contribution is 6.31. The summed E-state index contributed by atoms with van der Waals surface area (Å²) in [5, 5.41) is 12.0. The van der Waals surface area contributed by atoms with Crippen molar-refractivity contribution >= 4 is 23.5 Å². The van der Waals surface area contributed by atoms with Crippen molar-refractivity contribution in [2.24, 2.45) is 5.92 Å². The van der Waals surface area contributed by atoms with Gasteiger partial charge in [-0.1, -0.05) is 36.7 Å². The molecule has 4 nitrogen and oxygen atoms in total. The summed E-state index contributed by atoms with van der Waals surface area (Å²) in [5.74, 6) is -1.34. The summed E-state index contributed by atoms with van der Waals surface area (Å²) >= 11 is 6.04. The lowest BCUT2D eigenvalue weighted by atomic mass is 10.00. The van der Waals surface area contributed by atoms with E-state index in [1.165, 1.54) is 0 Å². The van der Waals surface area contributed by atoms with E-state index in [9.17, 15) is 9.59 Å². The number of hydrogen-bond donors (Lipinski definition) is 2. The van der Waals surface area contributed by atoms with Crippen LogP contribution in [0.2, 0.25) is 5.02 Å². The lowest BCUT2D eigenvalue weighted by molar-refractivity contribution is -0.137. The van der Waals surface area contributed by atoms with Crippen molar-refractivity contribution in [1.82, 2.24) is 5.32 Å². The molecule has 104 valence electrons. The van der Waals surface area contributed by atoms with Gasteiger partial charge >= 0.3 is 5.97 Å². The molecule has 1 aromatic rings. The van der Waals surface area contributed by atoms with Gasteiger partial charge in [0.2, 0.25) is 5.91 Å². The summed E-state index contributed by atoms with van der Waals surface area (Å²) < 4.78 is 0. The third-order valence-electron chi connectivity index (χ3n) is 2.80. The third-order valence-corrected chi connectivity index (χ3v) is 3.17. The van der Waals surface area contributed by atoms with Crippen molar-refractivity contribution in [3.63, 3.8) is 0 Å². The molecule has 1 rings (SSSR count). The van der Waals surface area contributed by atoms with Crippen LogP contribution in [0.25, 0.3) is 0 Å². The Morgan fingerprint density at radius 3 is 2.53 bits per heavy atom. The van der Waals surface area contributed by atoms with Crippen molar-refractivity contribution in [2.75, 3.05) is 0 Å². The highest BCUT2D eigenvalue weighted by Gasteiger charge is 2.18. The first kappa shape index (κ1) is 15.5. The molecule has 1 aromatic carbocycles. The van der Waals surface area contributed by atoms with Gasteiger partial charge < -0.3 is 10.4 Å². The average molecular weight is 284 g/mol. The summed E-state index contributed by atoms with van der Waals surface area (Å²) in [6.45, 7) is 3.47. The first-order valence-electron chi connectivity index (χ1n) is 6.15. The molecule has 0 aliphatic heterocycles. The van der Waals surface area contributed by atoms with Gasteiger partial charge in [0.05, 0.1) is 6.42 Å². The Labute approximate surface area is 117 Å². The van der Waals surface area contributed by atoms with Crippen LogP contribution in [-0.2, 0) is 16.0 Å². The molecule has 2 unspecified atom stereocenters. The summed E-state index contributed by atoms with van der Waals surface area (Å²) in [7, 11) is 0. The maximum atomic E-state index is 11.9. The molecule has 0 bridgehead atoms. The molecule has 0 saturated heterocycles. The van der Waals surface area contributed by atoms with Gasteiger partial charge in [0, 0.05) is 17.0 Å². The van der Waals surface area contributed by atoms with Crippen LogP contribution >= 0.6 is 11.6 Å². The molecule has 0 aromatic heterocycles. The fraction of sp³-hybridized carbons (Fsp3) is 0.429. The Morgan fingerprint density at radius 2 is 1.95 bits per heavy atom. The highest BCUT2D eigenvalue weighted by atomic mass is 35.5. The van der Waals surface area contributed by atoms with Gasteiger partial charge in [-0.2, -0.15) is 0 Å². The van der Waals surface area contributed by atoms with Crippen molar-refractivity contribution in [3.05, 3.63) is 34.9 Å². The number of carbonyl (C=O) groups is 2. The first-order chi connectivity index (χ1) is 8.90. The summed E-state index contributed by atoms with van der Waals surface area (Å²) in [5.41, 5.74) is 0.915. The van der Waals surface area contributed by atoms with Crippen LogP contribution in [0.3, 0.4) is 0 Å². The molecular formula is C14H18ClNO3. The van der Waals surface area contributed by atoms with E-state index >= 15 is 0 Å². The predicted molar refractivity (Wildman–Crippen MR) is 74.2 cm³/mol. The molecule has 0 spiro atoms. The number of benzene rings is 1.